The average molecular weight is 399 g/mol. The van der Waals surface area contributed by atoms with Crippen molar-refractivity contribution in [2.45, 2.75) is 6.61 Å². The fraction of sp³-hybridized carbons (Fsp3) is 0.0476. The van der Waals surface area contributed by atoms with Crippen LogP contribution >= 0.6 is 11.6 Å². The van der Waals surface area contributed by atoms with Gasteiger partial charge in [0.05, 0.1) is 22.5 Å². The van der Waals surface area contributed by atoms with Gasteiger partial charge >= 0.3 is 5.97 Å². The Bertz CT molecular complexity index is 987. The highest BCUT2D eigenvalue weighted by Crippen LogP contribution is 2.21. The van der Waals surface area contributed by atoms with Crippen LogP contribution < -0.4 is 10.2 Å². The molecule has 0 fully saturated rings. The van der Waals surface area contributed by atoms with Gasteiger partial charge in [0.2, 0.25) is 0 Å². The summed E-state index contributed by atoms with van der Waals surface area (Å²) in [5, 5.41) is 13.5. The van der Waals surface area contributed by atoms with Crippen LogP contribution in [0.4, 0.5) is 10.1 Å². The molecular weight excluding hydrogens is 383 g/mol. The predicted octanol–water partition coefficient (Wildman–Crippen LogP) is 5.20. The molecule has 0 saturated carbocycles. The number of anilines is 1. The molecule has 3 aromatic carbocycles. The Hall–Kier alpha value is -3.38. The average Bonchev–Trinajstić information content (AvgIpc) is 2.69. The lowest BCUT2D eigenvalue weighted by atomic mass is 10.2. The van der Waals surface area contributed by atoms with E-state index in [9.17, 15) is 9.18 Å². The van der Waals surface area contributed by atoms with E-state index in [-0.39, 0.29) is 12.2 Å². The molecule has 0 aliphatic rings. The first-order valence-corrected chi connectivity index (χ1v) is 8.69. The first kappa shape index (κ1) is 19.4. The van der Waals surface area contributed by atoms with Crippen LogP contribution in [-0.4, -0.2) is 17.3 Å². The normalized spacial score (nSPS) is 10.8. The summed E-state index contributed by atoms with van der Waals surface area (Å²) in [6.45, 7) is 0.0203. The Kier molecular flexibility index (Phi) is 6.24. The van der Waals surface area contributed by atoms with Gasteiger partial charge in [0.1, 0.15) is 18.2 Å². The summed E-state index contributed by atoms with van der Waals surface area (Å²) in [7, 11) is 0. The van der Waals surface area contributed by atoms with Gasteiger partial charge in [-0.2, -0.15) is 5.10 Å². The molecule has 0 unspecified atom stereocenters. The maximum absolute atomic E-state index is 13.7. The van der Waals surface area contributed by atoms with E-state index in [1.807, 2.05) is 0 Å². The van der Waals surface area contributed by atoms with E-state index in [1.54, 1.807) is 54.7 Å². The summed E-state index contributed by atoms with van der Waals surface area (Å²) < 4.78 is 19.3. The molecule has 7 heteroatoms. The highest BCUT2D eigenvalue weighted by Gasteiger charge is 2.08. The Morgan fingerprint density at radius 3 is 2.57 bits per heavy atom. The Balaban J connectivity index is 1.60. The number of carboxylic acids is 1. The van der Waals surface area contributed by atoms with Crippen LogP contribution in [0.25, 0.3) is 0 Å². The van der Waals surface area contributed by atoms with E-state index >= 15 is 0 Å². The lowest BCUT2D eigenvalue weighted by molar-refractivity contribution is 0.0698. The van der Waals surface area contributed by atoms with Crippen molar-refractivity contribution in [2.75, 3.05) is 5.43 Å². The Morgan fingerprint density at radius 1 is 1.11 bits per heavy atom. The quantitative estimate of drug-likeness (QED) is 0.423. The van der Waals surface area contributed by atoms with E-state index < -0.39 is 11.8 Å². The number of hydrazone groups is 1. The molecule has 0 amide bonds. The topological polar surface area (TPSA) is 70.9 Å². The molecule has 0 spiro atoms. The maximum atomic E-state index is 13.7. The summed E-state index contributed by atoms with van der Waals surface area (Å²) in [6.07, 6.45) is 1.55. The van der Waals surface area contributed by atoms with E-state index in [0.717, 1.165) is 5.56 Å². The van der Waals surface area contributed by atoms with Crippen molar-refractivity contribution in [3.63, 3.8) is 0 Å². The van der Waals surface area contributed by atoms with E-state index in [0.29, 0.717) is 22.0 Å². The minimum Gasteiger partial charge on any atom is -0.489 e. The number of ether oxygens (including phenoxy) is 1. The molecule has 3 aromatic rings. The molecule has 0 aliphatic carbocycles. The third-order valence-corrected chi connectivity index (χ3v) is 4.24. The van der Waals surface area contributed by atoms with Crippen molar-refractivity contribution in [2.24, 2.45) is 5.10 Å². The number of benzene rings is 3. The standard InChI is InChI=1S/C21H16ClFN2O3/c22-18-5-3-6-19(23)17(18)13-28-15-10-8-14(9-11-15)12-24-25-20-7-2-1-4-16(20)21(26)27/h1-12,25H,13H2,(H,26,27)/b24-12+. The minimum absolute atomic E-state index is 0.0203. The molecular formula is C21H16ClFN2O3. The van der Waals surface area contributed by atoms with E-state index in [2.05, 4.69) is 10.5 Å². The first-order chi connectivity index (χ1) is 13.5. The zero-order valence-corrected chi connectivity index (χ0v) is 15.4. The van der Waals surface area contributed by atoms with Crippen LogP contribution in [0.15, 0.2) is 71.8 Å². The van der Waals surface area contributed by atoms with E-state index in [1.165, 1.54) is 18.2 Å². The molecule has 0 bridgehead atoms. The van der Waals surface area contributed by atoms with Gasteiger partial charge < -0.3 is 9.84 Å². The Labute approximate surface area is 166 Å². The van der Waals surface area contributed by atoms with Gasteiger partial charge in [-0.05, 0) is 54.1 Å². The Morgan fingerprint density at radius 2 is 1.86 bits per heavy atom. The third-order valence-electron chi connectivity index (χ3n) is 3.88. The summed E-state index contributed by atoms with van der Waals surface area (Å²) in [5.74, 6) is -0.889. The minimum atomic E-state index is -1.03. The van der Waals surface area contributed by atoms with Crippen molar-refractivity contribution in [3.05, 3.63) is 94.3 Å². The second kappa shape index (κ2) is 9.01. The summed E-state index contributed by atoms with van der Waals surface area (Å²) in [5.41, 5.74) is 4.33. The van der Waals surface area contributed by atoms with Crippen LogP contribution in [0.2, 0.25) is 5.02 Å². The molecule has 0 aliphatic heterocycles. The molecule has 28 heavy (non-hydrogen) atoms. The number of carboxylic acid groups (broad SMARTS) is 1. The fourth-order valence-electron chi connectivity index (χ4n) is 2.42. The number of halogens is 2. The van der Waals surface area contributed by atoms with Gasteiger partial charge in [-0.25, -0.2) is 9.18 Å². The van der Waals surface area contributed by atoms with Gasteiger partial charge in [0.25, 0.3) is 0 Å². The number of para-hydroxylation sites is 1. The molecule has 5 nitrogen and oxygen atoms in total. The van der Waals surface area contributed by atoms with Gasteiger partial charge in [-0.1, -0.05) is 29.8 Å². The highest BCUT2D eigenvalue weighted by molar-refractivity contribution is 6.31. The zero-order chi connectivity index (χ0) is 19.9. The van der Waals surface area contributed by atoms with Crippen molar-refractivity contribution < 1.29 is 19.0 Å². The molecule has 3 rings (SSSR count). The number of hydrogen-bond donors (Lipinski definition) is 2. The molecule has 0 heterocycles. The summed E-state index contributed by atoms with van der Waals surface area (Å²) >= 11 is 5.98. The van der Waals surface area contributed by atoms with Crippen LogP contribution in [-0.2, 0) is 6.61 Å². The van der Waals surface area contributed by atoms with Gasteiger partial charge in [0.15, 0.2) is 0 Å². The largest absolute Gasteiger partial charge is 0.489 e. The smallest absolute Gasteiger partial charge is 0.337 e. The number of rotatable bonds is 7. The second-order valence-electron chi connectivity index (χ2n) is 5.78. The lowest BCUT2D eigenvalue weighted by Crippen LogP contribution is -2.02. The molecule has 142 valence electrons. The van der Waals surface area contributed by atoms with Gasteiger partial charge in [0, 0.05) is 5.56 Å². The van der Waals surface area contributed by atoms with E-state index in [4.69, 9.17) is 21.4 Å². The van der Waals surface area contributed by atoms with Gasteiger partial charge in [-0.3, -0.25) is 5.43 Å². The number of nitrogens with zero attached hydrogens (tertiary/aromatic N) is 1. The molecule has 0 radical (unpaired) electrons. The monoisotopic (exact) mass is 398 g/mol. The third kappa shape index (κ3) is 4.86. The van der Waals surface area contributed by atoms with Crippen molar-refractivity contribution in [1.29, 1.82) is 0 Å². The molecule has 0 atom stereocenters. The van der Waals surface area contributed by atoms with Crippen LogP contribution in [0, 0.1) is 5.82 Å². The number of carbonyl (C=O) groups is 1. The predicted molar refractivity (Wildman–Crippen MR) is 107 cm³/mol. The SMILES string of the molecule is O=C(O)c1ccccc1N/N=C/c1ccc(OCc2c(F)cccc2Cl)cc1. The zero-order valence-electron chi connectivity index (χ0n) is 14.6. The van der Waals surface area contributed by atoms with Crippen molar-refractivity contribution >= 4 is 29.5 Å². The van der Waals surface area contributed by atoms with Crippen LogP contribution in [0.5, 0.6) is 5.75 Å². The second-order valence-corrected chi connectivity index (χ2v) is 6.19. The maximum Gasteiger partial charge on any atom is 0.337 e. The molecule has 2 N–H and O–H groups in total. The summed E-state index contributed by atoms with van der Waals surface area (Å²) in [6, 6.07) is 18.0. The number of aromatic carboxylic acids is 1. The van der Waals surface area contributed by atoms with Crippen molar-refractivity contribution in [1.82, 2.24) is 0 Å². The fourth-order valence-corrected chi connectivity index (χ4v) is 2.64. The lowest BCUT2D eigenvalue weighted by Gasteiger charge is -2.09. The number of nitrogens with one attached hydrogen (secondary N) is 1. The first-order valence-electron chi connectivity index (χ1n) is 8.32. The van der Waals surface area contributed by atoms with Crippen LogP contribution in [0.3, 0.4) is 0 Å². The number of hydrogen-bond acceptors (Lipinski definition) is 4. The van der Waals surface area contributed by atoms with Gasteiger partial charge in [-0.15, -0.1) is 0 Å². The molecule has 0 saturated heterocycles. The molecule has 0 aromatic heterocycles. The van der Waals surface area contributed by atoms with Crippen molar-refractivity contribution in [3.8, 4) is 5.75 Å². The summed E-state index contributed by atoms with van der Waals surface area (Å²) in [4.78, 5) is 11.2. The highest BCUT2D eigenvalue weighted by atomic mass is 35.5. The van der Waals surface area contributed by atoms with Crippen LogP contribution in [0.1, 0.15) is 21.5 Å².